The first kappa shape index (κ1) is 11.5. The lowest BCUT2D eigenvalue weighted by molar-refractivity contribution is 0.0533. The zero-order valence-electron chi connectivity index (χ0n) is 9.08. The van der Waals surface area contributed by atoms with E-state index in [0.29, 0.717) is 23.3 Å². The SMILES string of the molecule is CCOC(=O)c1scnc1Nc1ncccn1. The van der Waals surface area contributed by atoms with Crippen LogP contribution in [-0.4, -0.2) is 27.5 Å². The number of aromatic nitrogens is 3. The molecule has 6 nitrogen and oxygen atoms in total. The van der Waals surface area contributed by atoms with Gasteiger partial charge >= 0.3 is 5.97 Å². The first-order chi connectivity index (χ1) is 8.31. The van der Waals surface area contributed by atoms with Gasteiger partial charge in [-0.05, 0) is 13.0 Å². The van der Waals surface area contributed by atoms with Crippen molar-refractivity contribution in [1.29, 1.82) is 0 Å². The summed E-state index contributed by atoms with van der Waals surface area (Å²) in [5.41, 5.74) is 1.57. The summed E-state index contributed by atoms with van der Waals surface area (Å²) in [4.78, 5) is 24.0. The molecule has 0 aliphatic carbocycles. The number of rotatable bonds is 4. The molecule has 0 saturated heterocycles. The molecule has 2 heterocycles. The van der Waals surface area contributed by atoms with Crippen molar-refractivity contribution in [3.05, 3.63) is 28.8 Å². The molecule has 2 rings (SSSR count). The number of nitrogens with zero attached hydrogens (tertiary/aromatic N) is 3. The van der Waals surface area contributed by atoms with Crippen LogP contribution in [0.25, 0.3) is 0 Å². The van der Waals surface area contributed by atoms with Gasteiger partial charge in [-0.2, -0.15) is 0 Å². The molecule has 88 valence electrons. The van der Waals surface area contributed by atoms with Gasteiger partial charge in [-0.25, -0.2) is 19.7 Å². The number of esters is 1. The molecule has 1 N–H and O–H groups in total. The lowest BCUT2D eigenvalue weighted by atomic mass is 10.5. The monoisotopic (exact) mass is 250 g/mol. The predicted octanol–water partition coefficient (Wildman–Crippen LogP) is 1.85. The van der Waals surface area contributed by atoms with Gasteiger partial charge in [-0.3, -0.25) is 0 Å². The van der Waals surface area contributed by atoms with Gasteiger partial charge in [-0.15, -0.1) is 11.3 Å². The summed E-state index contributed by atoms with van der Waals surface area (Å²) < 4.78 is 4.92. The zero-order valence-corrected chi connectivity index (χ0v) is 9.90. The molecule has 0 aliphatic rings. The highest BCUT2D eigenvalue weighted by molar-refractivity contribution is 7.12. The number of carbonyl (C=O) groups excluding carboxylic acids is 1. The fourth-order valence-electron chi connectivity index (χ4n) is 1.15. The first-order valence-corrected chi connectivity index (χ1v) is 5.84. The topological polar surface area (TPSA) is 77.0 Å². The smallest absolute Gasteiger partial charge is 0.352 e. The summed E-state index contributed by atoms with van der Waals surface area (Å²) in [6.45, 7) is 2.09. The lowest BCUT2D eigenvalue weighted by Gasteiger charge is -2.03. The quantitative estimate of drug-likeness (QED) is 0.834. The third kappa shape index (κ3) is 2.76. The molecule has 0 aromatic carbocycles. The minimum atomic E-state index is -0.395. The number of carbonyl (C=O) groups is 1. The van der Waals surface area contributed by atoms with E-state index in [1.807, 2.05) is 0 Å². The molecule has 0 spiro atoms. The molecule has 0 saturated carbocycles. The van der Waals surface area contributed by atoms with Gasteiger partial charge in [0.05, 0.1) is 12.1 Å². The molecule has 0 atom stereocenters. The molecule has 2 aromatic heterocycles. The van der Waals surface area contributed by atoms with Crippen LogP contribution in [-0.2, 0) is 4.74 Å². The van der Waals surface area contributed by atoms with Crippen LogP contribution in [0.1, 0.15) is 16.6 Å². The Labute approximate surface area is 102 Å². The number of ether oxygens (including phenoxy) is 1. The highest BCUT2D eigenvalue weighted by atomic mass is 32.1. The molecule has 0 fully saturated rings. The summed E-state index contributed by atoms with van der Waals surface area (Å²) in [5, 5.41) is 2.87. The summed E-state index contributed by atoms with van der Waals surface area (Å²) in [7, 11) is 0. The maximum absolute atomic E-state index is 11.6. The van der Waals surface area contributed by atoms with Crippen LogP contribution in [0.5, 0.6) is 0 Å². The Bertz CT molecular complexity index is 500. The minimum Gasteiger partial charge on any atom is -0.462 e. The van der Waals surface area contributed by atoms with Gasteiger partial charge in [0.25, 0.3) is 0 Å². The molecule has 0 unspecified atom stereocenters. The van der Waals surface area contributed by atoms with Crippen LogP contribution < -0.4 is 5.32 Å². The molecule has 17 heavy (non-hydrogen) atoms. The van der Waals surface area contributed by atoms with Crippen LogP contribution in [0.2, 0.25) is 0 Å². The van der Waals surface area contributed by atoms with Gasteiger partial charge in [-0.1, -0.05) is 0 Å². The van der Waals surface area contributed by atoms with E-state index in [1.165, 1.54) is 11.3 Å². The minimum absolute atomic E-state index is 0.331. The first-order valence-electron chi connectivity index (χ1n) is 4.96. The third-order valence-corrected chi connectivity index (χ3v) is 2.63. The molecule has 2 aromatic rings. The lowest BCUT2D eigenvalue weighted by Crippen LogP contribution is -2.06. The largest absolute Gasteiger partial charge is 0.462 e. The van der Waals surface area contributed by atoms with Crippen molar-refractivity contribution in [3.63, 3.8) is 0 Å². The summed E-state index contributed by atoms with van der Waals surface area (Å²) in [6.07, 6.45) is 3.21. The van der Waals surface area contributed by atoms with Gasteiger partial charge < -0.3 is 10.1 Å². The van der Waals surface area contributed by atoms with Gasteiger partial charge in [0.15, 0.2) is 10.7 Å². The van der Waals surface area contributed by atoms with Crippen molar-refractivity contribution < 1.29 is 9.53 Å². The standard InChI is InChI=1S/C10H10N4O2S/c1-2-16-9(15)7-8(13-6-17-7)14-10-11-4-3-5-12-10/h3-6H,2H2,1H3,(H,11,12,14). The van der Waals surface area contributed by atoms with Crippen molar-refractivity contribution in [2.24, 2.45) is 0 Å². The fraction of sp³-hybridized carbons (Fsp3) is 0.200. The molecule has 0 amide bonds. The van der Waals surface area contributed by atoms with Crippen molar-refractivity contribution in [3.8, 4) is 0 Å². The summed E-state index contributed by atoms with van der Waals surface area (Å²) >= 11 is 1.21. The Kier molecular flexibility index (Phi) is 3.61. The van der Waals surface area contributed by atoms with Gasteiger partial charge in [0.1, 0.15) is 0 Å². The van der Waals surface area contributed by atoms with E-state index in [9.17, 15) is 4.79 Å². The van der Waals surface area contributed by atoms with Crippen LogP contribution in [0.4, 0.5) is 11.8 Å². The van der Waals surface area contributed by atoms with E-state index in [0.717, 1.165) is 0 Å². The van der Waals surface area contributed by atoms with Crippen LogP contribution >= 0.6 is 11.3 Å². The second-order valence-electron chi connectivity index (χ2n) is 2.95. The number of hydrogen-bond acceptors (Lipinski definition) is 7. The molecule has 0 aliphatic heterocycles. The number of anilines is 2. The van der Waals surface area contributed by atoms with Crippen LogP contribution in [0.15, 0.2) is 24.0 Å². The zero-order chi connectivity index (χ0) is 12.1. The Hall–Kier alpha value is -2.02. The van der Waals surface area contributed by atoms with Crippen molar-refractivity contribution in [2.45, 2.75) is 6.92 Å². The molecular formula is C10H10N4O2S. The van der Waals surface area contributed by atoms with Gasteiger partial charge in [0.2, 0.25) is 5.95 Å². The van der Waals surface area contributed by atoms with E-state index in [2.05, 4.69) is 20.3 Å². The Morgan fingerprint density at radius 2 is 2.18 bits per heavy atom. The van der Waals surface area contributed by atoms with E-state index in [4.69, 9.17) is 4.74 Å². The van der Waals surface area contributed by atoms with Crippen LogP contribution in [0, 0.1) is 0 Å². The normalized spacial score (nSPS) is 9.94. The molecule has 0 bridgehead atoms. The van der Waals surface area contributed by atoms with E-state index < -0.39 is 5.97 Å². The summed E-state index contributed by atoms with van der Waals surface area (Å²) in [5.74, 6) is 0.414. The number of nitrogens with one attached hydrogen (secondary N) is 1. The van der Waals surface area contributed by atoms with E-state index in [-0.39, 0.29) is 0 Å². The predicted molar refractivity (Wildman–Crippen MR) is 63.4 cm³/mol. The Morgan fingerprint density at radius 1 is 1.41 bits per heavy atom. The average molecular weight is 250 g/mol. The maximum Gasteiger partial charge on any atom is 0.352 e. The average Bonchev–Trinajstić information content (AvgIpc) is 2.79. The maximum atomic E-state index is 11.6. The van der Waals surface area contributed by atoms with E-state index >= 15 is 0 Å². The Balaban J connectivity index is 2.17. The fourth-order valence-corrected chi connectivity index (χ4v) is 1.78. The molecular weight excluding hydrogens is 240 g/mol. The molecule has 0 radical (unpaired) electrons. The van der Waals surface area contributed by atoms with Crippen molar-refractivity contribution in [1.82, 2.24) is 15.0 Å². The molecule has 7 heteroatoms. The summed E-state index contributed by atoms with van der Waals surface area (Å²) in [6, 6.07) is 1.71. The third-order valence-electron chi connectivity index (χ3n) is 1.82. The second kappa shape index (κ2) is 5.35. The number of hydrogen-bond donors (Lipinski definition) is 1. The highest BCUT2D eigenvalue weighted by Crippen LogP contribution is 2.21. The van der Waals surface area contributed by atoms with E-state index in [1.54, 1.807) is 30.9 Å². The second-order valence-corrected chi connectivity index (χ2v) is 3.80. The van der Waals surface area contributed by atoms with Crippen LogP contribution in [0.3, 0.4) is 0 Å². The number of thiazole rings is 1. The Morgan fingerprint density at radius 3 is 2.88 bits per heavy atom. The van der Waals surface area contributed by atoms with Gasteiger partial charge in [0, 0.05) is 12.4 Å². The van der Waals surface area contributed by atoms with Crippen molar-refractivity contribution in [2.75, 3.05) is 11.9 Å². The highest BCUT2D eigenvalue weighted by Gasteiger charge is 2.16. The van der Waals surface area contributed by atoms with Crippen molar-refractivity contribution >= 4 is 29.1 Å².